The van der Waals surface area contributed by atoms with E-state index in [1.165, 1.54) is 0 Å². The van der Waals surface area contributed by atoms with Crippen molar-refractivity contribution in [2.24, 2.45) is 0 Å². The molecule has 3 saturated heterocycles. The van der Waals surface area contributed by atoms with E-state index >= 15 is 0 Å². The van der Waals surface area contributed by atoms with E-state index in [1.54, 1.807) is 0 Å². The van der Waals surface area contributed by atoms with Crippen molar-refractivity contribution < 1.29 is 84.0 Å². The number of carboxylic acid groups (broad SMARTS) is 1. The Bertz CT molecular complexity index is 925. The summed E-state index contributed by atoms with van der Waals surface area (Å²) < 4.78 is 27.2. The number of aliphatic hydroxyl groups is 8. The number of amides is 2. The van der Waals surface area contributed by atoms with Gasteiger partial charge in [0.05, 0.1) is 13.2 Å². The van der Waals surface area contributed by atoms with Crippen molar-refractivity contribution in [2.45, 2.75) is 106 Å². The van der Waals surface area contributed by atoms with Gasteiger partial charge in [-0.15, -0.1) is 0 Å². The number of ether oxygens (including phenoxy) is 5. The lowest BCUT2D eigenvalue weighted by atomic mass is 9.94. The van der Waals surface area contributed by atoms with E-state index in [9.17, 15) is 60.3 Å². The molecular weight excluding hydrogens is 564 g/mol. The summed E-state index contributed by atoms with van der Waals surface area (Å²) in [6, 6.07) is -1.60. The number of carboxylic acids is 1. The molecular formula is C22H36N2O17. The highest BCUT2D eigenvalue weighted by Gasteiger charge is 2.54. The van der Waals surface area contributed by atoms with Crippen molar-refractivity contribution in [3.05, 3.63) is 0 Å². The van der Waals surface area contributed by atoms with Crippen LogP contribution in [-0.2, 0) is 38.1 Å². The Morgan fingerprint density at radius 1 is 0.659 bits per heavy atom. The Balaban J connectivity index is 1.85. The molecule has 41 heavy (non-hydrogen) atoms. The van der Waals surface area contributed by atoms with Crippen molar-refractivity contribution in [1.82, 2.24) is 10.6 Å². The van der Waals surface area contributed by atoms with E-state index in [0.717, 1.165) is 13.8 Å². The van der Waals surface area contributed by atoms with Crippen LogP contribution in [0.1, 0.15) is 13.8 Å². The third kappa shape index (κ3) is 7.28. The fraction of sp³-hybridized carbons (Fsp3) is 0.864. The molecule has 19 heteroatoms. The van der Waals surface area contributed by atoms with E-state index in [0.29, 0.717) is 0 Å². The van der Waals surface area contributed by atoms with Crippen LogP contribution in [0, 0.1) is 0 Å². The minimum absolute atomic E-state index is 0.617. The van der Waals surface area contributed by atoms with Crippen LogP contribution in [0.15, 0.2) is 0 Å². The third-order valence-corrected chi connectivity index (χ3v) is 6.83. The molecule has 236 valence electrons. The maximum atomic E-state index is 11.7. The molecule has 0 bridgehead atoms. The van der Waals surface area contributed by atoms with Crippen LogP contribution in [0.2, 0.25) is 0 Å². The standard InChI is InChI=1S/C22H36N2O17/c1-5(27)23-9-11(30)12(31)18(20(35)36)41-21(9)40-17-10(29)7(3-25)38-22(15(17)34)39-16-8(4-26)37-19(24-6(2)28)14(33)13(16)32/h7-19,21-22,25-26,29-34H,3-4H2,1-2H3,(H,23,27)(H,24,28)(H,35,36)/t7-,8-,9-,10+,11-,12-,13-,14-,15-,16-,17+,18+,19+,21+,22+/m1/s1. The van der Waals surface area contributed by atoms with Crippen molar-refractivity contribution in [3.63, 3.8) is 0 Å². The van der Waals surface area contributed by atoms with Crippen molar-refractivity contribution >= 4 is 17.8 Å². The molecule has 0 aromatic rings. The second-order valence-electron chi connectivity index (χ2n) is 9.84. The Morgan fingerprint density at radius 2 is 1.24 bits per heavy atom. The molecule has 3 heterocycles. The van der Waals surface area contributed by atoms with Gasteiger partial charge in [-0.2, -0.15) is 0 Å². The van der Waals surface area contributed by atoms with Crippen molar-refractivity contribution in [1.29, 1.82) is 0 Å². The van der Waals surface area contributed by atoms with Crippen molar-refractivity contribution in [2.75, 3.05) is 13.2 Å². The van der Waals surface area contributed by atoms with E-state index in [4.69, 9.17) is 23.7 Å². The average Bonchev–Trinajstić information content (AvgIpc) is 2.90. The van der Waals surface area contributed by atoms with Gasteiger partial charge in [0.1, 0.15) is 67.1 Å². The second kappa shape index (κ2) is 13.9. The topological polar surface area (TPSA) is 303 Å². The summed E-state index contributed by atoms with van der Waals surface area (Å²) in [6.07, 6.45) is -25.0. The first-order valence-electron chi connectivity index (χ1n) is 12.6. The molecule has 15 atom stereocenters. The number of aliphatic carboxylic acids is 1. The van der Waals surface area contributed by atoms with Gasteiger partial charge in [-0.1, -0.05) is 0 Å². The third-order valence-electron chi connectivity index (χ3n) is 6.83. The minimum atomic E-state index is -2.05. The highest BCUT2D eigenvalue weighted by molar-refractivity contribution is 5.75. The van der Waals surface area contributed by atoms with Crippen molar-refractivity contribution in [3.8, 4) is 0 Å². The fourth-order valence-electron chi connectivity index (χ4n) is 4.78. The molecule has 0 unspecified atom stereocenters. The maximum Gasteiger partial charge on any atom is 0.335 e. The molecule has 0 radical (unpaired) electrons. The van der Waals surface area contributed by atoms with Gasteiger partial charge < -0.3 is 80.3 Å². The van der Waals surface area contributed by atoms with Crippen LogP contribution in [-0.4, -0.2) is 169 Å². The summed E-state index contributed by atoms with van der Waals surface area (Å²) >= 11 is 0. The van der Waals surface area contributed by atoms with Crippen LogP contribution in [0.3, 0.4) is 0 Å². The quantitative estimate of drug-likeness (QED) is 0.117. The number of rotatable bonds is 9. The molecule has 19 nitrogen and oxygen atoms in total. The first-order chi connectivity index (χ1) is 19.2. The highest BCUT2D eigenvalue weighted by Crippen LogP contribution is 2.32. The van der Waals surface area contributed by atoms with E-state index in [2.05, 4.69) is 10.6 Å². The van der Waals surface area contributed by atoms with Crippen LogP contribution in [0.5, 0.6) is 0 Å². The lowest BCUT2D eigenvalue weighted by molar-refractivity contribution is -0.365. The molecule has 0 aromatic heterocycles. The Kier molecular flexibility index (Phi) is 11.3. The van der Waals surface area contributed by atoms with Gasteiger partial charge in [0.25, 0.3) is 0 Å². The van der Waals surface area contributed by atoms with E-state index in [-0.39, 0.29) is 0 Å². The van der Waals surface area contributed by atoms with Gasteiger partial charge in [-0.05, 0) is 0 Å². The van der Waals surface area contributed by atoms with Gasteiger partial charge in [0.2, 0.25) is 11.8 Å². The number of hydrogen-bond acceptors (Lipinski definition) is 16. The predicted molar refractivity (Wildman–Crippen MR) is 125 cm³/mol. The molecule has 3 rings (SSSR count). The summed E-state index contributed by atoms with van der Waals surface area (Å²) in [4.78, 5) is 34.7. The smallest absolute Gasteiger partial charge is 0.335 e. The number of hydrogen-bond donors (Lipinski definition) is 11. The Morgan fingerprint density at radius 3 is 1.78 bits per heavy atom. The molecule has 11 N–H and O–H groups in total. The summed E-state index contributed by atoms with van der Waals surface area (Å²) in [6.45, 7) is 0.484. The van der Waals surface area contributed by atoms with Gasteiger partial charge >= 0.3 is 5.97 Å². The Hall–Kier alpha value is -2.11. The number of carbonyl (C=O) groups is 3. The predicted octanol–water partition coefficient (Wildman–Crippen LogP) is -7.19. The summed E-state index contributed by atoms with van der Waals surface area (Å²) in [7, 11) is 0. The summed E-state index contributed by atoms with van der Waals surface area (Å²) in [5, 5.41) is 96.8. The number of carbonyl (C=O) groups excluding carboxylic acids is 2. The zero-order valence-corrected chi connectivity index (χ0v) is 21.9. The molecule has 3 fully saturated rings. The van der Waals surface area contributed by atoms with Crippen LogP contribution >= 0.6 is 0 Å². The lowest BCUT2D eigenvalue weighted by Crippen LogP contribution is -2.69. The maximum absolute atomic E-state index is 11.7. The summed E-state index contributed by atoms with van der Waals surface area (Å²) in [5.41, 5.74) is 0. The minimum Gasteiger partial charge on any atom is -0.479 e. The zero-order valence-electron chi connectivity index (χ0n) is 21.9. The fourth-order valence-corrected chi connectivity index (χ4v) is 4.78. The molecule has 2 amide bonds. The van der Waals surface area contributed by atoms with Gasteiger partial charge in [0.15, 0.2) is 24.9 Å². The number of aliphatic hydroxyl groups excluding tert-OH is 8. The van der Waals surface area contributed by atoms with E-state index in [1.807, 2.05) is 0 Å². The zero-order chi connectivity index (χ0) is 30.8. The molecule has 0 aromatic carbocycles. The summed E-state index contributed by atoms with van der Waals surface area (Å²) in [5.74, 6) is -3.06. The molecule has 3 aliphatic rings. The largest absolute Gasteiger partial charge is 0.479 e. The number of nitrogens with one attached hydrogen (secondary N) is 2. The first-order valence-corrected chi connectivity index (χ1v) is 12.6. The molecule has 0 aliphatic carbocycles. The highest BCUT2D eigenvalue weighted by atomic mass is 16.7. The van der Waals surface area contributed by atoms with Gasteiger partial charge in [0, 0.05) is 13.8 Å². The van der Waals surface area contributed by atoms with Gasteiger partial charge in [-0.3, -0.25) is 9.59 Å². The second-order valence-corrected chi connectivity index (χ2v) is 9.84. The van der Waals surface area contributed by atoms with E-state index < -0.39 is 123 Å². The monoisotopic (exact) mass is 600 g/mol. The first kappa shape index (κ1) is 33.4. The van der Waals surface area contributed by atoms with Crippen LogP contribution < -0.4 is 10.6 Å². The molecule has 3 aliphatic heterocycles. The molecule has 0 spiro atoms. The van der Waals surface area contributed by atoms with Gasteiger partial charge in [-0.25, -0.2) is 4.79 Å². The van der Waals surface area contributed by atoms with Crippen LogP contribution in [0.25, 0.3) is 0 Å². The molecule has 0 saturated carbocycles. The van der Waals surface area contributed by atoms with Crippen LogP contribution in [0.4, 0.5) is 0 Å². The lowest BCUT2D eigenvalue weighted by Gasteiger charge is -2.48. The normalized spacial score (nSPS) is 45.1. The SMILES string of the molecule is CC(=O)N[C@H]1[C@@H](O[C@H]2[C@@H](O)[C@@H](CO)O[C@@H](O[C@H]3[C@H](O)[C@@H](O)[C@@H](NC(C)=O)O[C@@H]3CO)[C@@H]2O)O[C@H](C(=O)O)[C@H](O)[C@@H]1O. The average molecular weight is 601 g/mol. The Labute approximate surface area is 232 Å².